The van der Waals surface area contributed by atoms with Gasteiger partial charge in [0.05, 0.1) is 0 Å². The Morgan fingerprint density at radius 2 is 1.76 bits per heavy atom. The van der Waals surface area contributed by atoms with Crippen molar-refractivity contribution < 1.29 is 9.59 Å². The largest absolute Gasteiger partial charge is 0.348 e. The average molecular weight is 384 g/mol. The van der Waals surface area contributed by atoms with Gasteiger partial charge in [0, 0.05) is 29.9 Å². The minimum absolute atomic E-state index is 0.0101. The molecule has 0 spiro atoms. The number of carbonyl (C=O) groups is 2. The predicted molar refractivity (Wildman–Crippen MR) is 115 cm³/mol. The molecule has 2 amide bonds. The van der Waals surface area contributed by atoms with E-state index in [1.165, 1.54) is 0 Å². The van der Waals surface area contributed by atoms with Crippen molar-refractivity contribution in [1.29, 1.82) is 0 Å². The van der Waals surface area contributed by atoms with Crippen molar-refractivity contribution in [3.05, 3.63) is 101 Å². The van der Waals surface area contributed by atoms with Crippen LogP contribution < -0.4 is 10.2 Å². The van der Waals surface area contributed by atoms with E-state index in [1.54, 1.807) is 6.07 Å². The topological polar surface area (TPSA) is 49.4 Å². The molecule has 0 saturated heterocycles. The number of amides is 2. The number of nitrogens with zero attached hydrogens (tertiary/aromatic N) is 1. The zero-order chi connectivity index (χ0) is 20.2. The molecular formula is C25H24N2O2. The Kier molecular flexibility index (Phi) is 5.43. The molecule has 0 unspecified atom stereocenters. The van der Waals surface area contributed by atoms with Gasteiger partial charge in [-0.2, -0.15) is 0 Å². The van der Waals surface area contributed by atoms with E-state index >= 15 is 0 Å². The second-order valence-electron chi connectivity index (χ2n) is 7.44. The Balaban J connectivity index is 1.52. The van der Waals surface area contributed by atoms with Crippen LogP contribution in [-0.2, 0) is 13.0 Å². The molecule has 4 heteroatoms. The highest BCUT2D eigenvalue weighted by Gasteiger charge is 2.24. The van der Waals surface area contributed by atoms with E-state index in [4.69, 9.17) is 0 Å². The molecular weight excluding hydrogens is 360 g/mol. The van der Waals surface area contributed by atoms with Crippen LogP contribution in [0.25, 0.3) is 0 Å². The smallest absolute Gasteiger partial charge is 0.258 e. The number of rotatable bonds is 4. The van der Waals surface area contributed by atoms with Crippen LogP contribution in [-0.4, -0.2) is 18.4 Å². The second kappa shape index (κ2) is 8.31. The summed E-state index contributed by atoms with van der Waals surface area (Å²) in [4.78, 5) is 27.5. The molecule has 3 aromatic carbocycles. The van der Waals surface area contributed by atoms with Gasteiger partial charge in [-0.05, 0) is 61.2 Å². The first-order valence-electron chi connectivity index (χ1n) is 9.95. The zero-order valence-electron chi connectivity index (χ0n) is 16.5. The fourth-order valence-corrected chi connectivity index (χ4v) is 3.76. The molecule has 1 aliphatic rings. The van der Waals surface area contributed by atoms with Crippen molar-refractivity contribution in [2.45, 2.75) is 26.3 Å². The molecule has 4 rings (SSSR count). The van der Waals surface area contributed by atoms with Crippen LogP contribution in [0.3, 0.4) is 0 Å². The third kappa shape index (κ3) is 4.21. The van der Waals surface area contributed by atoms with E-state index < -0.39 is 0 Å². The molecule has 0 atom stereocenters. The third-order valence-electron chi connectivity index (χ3n) is 5.27. The van der Waals surface area contributed by atoms with Gasteiger partial charge < -0.3 is 10.2 Å². The van der Waals surface area contributed by atoms with E-state index in [2.05, 4.69) is 5.32 Å². The highest BCUT2D eigenvalue weighted by molar-refractivity contribution is 6.07. The molecule has 3 aromatic rings. The van der Waals surface area contributed by atoms with Crippen molar-refractivity contribution >= 4 is 17.5 Å². The minimum atomic E-state index is -0.0983. The molecule has 0 bridgehead atoms. The molecule has 0 aliphatic carbocycles. The van der Waals surface area contributed by atoms with Crippen molar-refractivity contribution in [3.8, 4) is 0 Å². The first kappa shape index (κ1) is 18.9. The van der Waals surface area contributed by atoms with Gasteiger partial charge in [0.1, 0.15) is 0 Å². The fourth-order valence-electron chi connectivity index (χ4n) is 3.76. The summed E-state index contributed by atoms with van der Waals surface area (Å²) < 4.78 is 0. The van der Waals surface area contributed by atoms with Gasteiger partial charge in [-0.15, -0.1) is 0 Å². The van der Waals surface area contributed by atoms with Crippen LogP contribution in [0.5, 0.6) is 0 Å². The van der Waals surface area contributed by atoms with Crippen molar-refractivity contribution in [3.63, 3.8) is 0 Å². The van der Waals surface area contributed by atoms with Gasteiger partial charge in [-0.1, -0.05) is 48.0 Å². The molecule has 146 valence electrons. The van der Waals surface area contributed by atoms with E-state index in [-0.39, 0.29) is 11.8 Å². The number of carbonyl (C=O) groups excluding carboxylic acids is 2. The normalized spacial score (nSPS) is 12.9. The summed E-state index contributed by atoms with van der Waals surface area (Å²) in [7, 11) is 0. The number of nitrogens with one attached hydrogen (secondary N) is 1. The summed E-state index contributed by atoms with van der Waals surface area (Å²) in [6, 6.07) is 23.2. The van der Waals surface area contributed by atoms with Crippen LogP contribution in [0.2, 0.25) is 0 Å². The van der Waals surface area contributed by atoms with Gasteiger partial charge in [0.2, 0.25) is 0 Å². The second-order valence-corrected chi connectivity index (χ2v) is 7.44. The van der Waals surface area contributed by atoms with Crippen LogP contribution in [0.4, 0.5) is 5.69 Å². The Hall–Kier alpha value is -3.40. The van der Waals surface area contributed by atoms with E-state index in [9.17, 15) is 9.59 Å². The van der Waals surface area contributed by atoms with Gasteiger partial charge in [0.15, 0.2) is 0 Å². The molecule has 29 heavy (non-hydrogen) atoms. The summed E-state index contributed by atoms with van der Waals surface area (Å²) in [5.74, 6) is -0.0882. The molecule has 0 fully saturated rings. The van der Waals surface area contributed by atoms with Crippen LogP contribution in [0.15, 0.2) is 72.8 Å². The number of hydrogen-bond acceptors (Lipinski definition) is 2. The van der Waals surface area contributed by atoms with Gasteiger partial charge in [-0.25, -0.2) is 0 Å². The number of anilines is 1. The SMILES string of the molecule is Cc1cccc(C(=O)N2CCCc3cc(C(=O)NCc4ccccc4)ccc32)c1. The van der Waals surface area contributed by atoms with Crippen LogP contribution >= 0.6 is 0 Å². The highest BCUT2D eigenvalue weighted by Crippen LogP contribution is 2.29. The number of aryl methyl sites for hydroxylation is 2. The highest BCUT2D eigenvalue weighted by atomic mass is 16.2. The summed E-state index contributed by atoms with van der Waals surface area (Å²) in [6.07, 6.45) is 1.76. The van der Waals surface area contributed by atoms with E-state index in [1.807, 2.05) is 78.6 Å². The molecule has 0 saturated carbocycles. The molecule has 0 aromatic heterocycles. The molecule has 4 nitrogen and oxygen atoms in total. The van der Waals surface area contributed by atoms with Gasteiger partial charge in [0.25, 0.3) is 11.8 Å². The molecule has 1 N–H and O–H groups in total. The summed E-state index contributed by atoms with van der Waals surface area (Å²) in [6.45, 7) is 3.18. The Morgan fingerprint density at radius 3 is 2.55 bits per heavy atom. The lowest BCUT2D eigenvalue weighted by Crippen LogP contribution is -2.35. The first-order chi connectivity index (χ1) is 14.1. The summed E-state index contributed by atoms with van der Waals surface area (Å²) >= 11 is 0. The van der Waals surface area contributed by atoms with Crippen molar-refractivity contribution in [2.75, 3.05) is 11.4 Å². The first-order valence-corrected chi connectivity index (χ1v) is 9.95. The minimum Gasteiger partial charge on any atom is -0.348 e. The maximum absolute atomic E-state index is 13.0. The summed E-state index contributed by atoms with van der Waals surface area (Å²) in [5.41, 5.74) is 5.41. The van der Waals surface area contributed by atoms with E-state index in [0.29, 0.717) is 24.2 Å². The number of fused-ring (bicyclic) bond motifs is 1. The van der Waals surface area contributed by atoms with Crippen molar-refractivity contribution in [1.82, 2.24) is 5.32 Å². The third-order valence-corrected chi connectivity index (χ3v) is 5.27. The molecule has 1 heterocycles. The summed E-state index contributed by atoms with van der Waals surface area (Å²) in [5, 5.41) is 2.97. The Bertz CT molecular complexity index is 1040. The zero-order valence-corrected chi connectivity index (χ0v) is 16.5. The van der Waals surface area contributed by atoms with Gasteiger partial charge >= 0.3 is 0 Å². The van der Waals surface area contributed by atoms with Crippen molar-refractivity contribution in [2.24, 2.45) is 0 Å². The molecule has 1 aliphatic heterocycles. The van der Waals surface area contributed by atoms with Crippen LogP contribution in [0, 0.1) is 6.92 Å². The number of hydrogen-bond donors (Lipinski definition) is 1. The lowest BCUT2D eigenvalue weighted by Gasteiger charge is -2.30. The lowest BCUT2D eigenvalue weighted by atomic mass is 9.98. The predicted octanol–water partition coefficient (Wildman–Crippen LogP) is 4.52. The molecule has 0 radical (unpaired) electrons. The quantitative estimate of drug-likeness (QED) is 0.719. The maximum atomic E-state index is 13.0. The van der Waals surface area contributed by atoms with Gasteiger partial charge in [-0.3, -0.25) is 9.59 Å². The fraction of sp³-hybridized carbons (Fsp3) is 0.200. The number of benzene rings is 3. The Morgan fingerprint density at radius 1 is 0.931 bits per heavy atom. The van der Waals surface area contributed by atoms with E-state index in [0.717, 1.165) is 35.2 Å². The standard InChI is InChI=1S/C25H24N2O2/c1-18-7-5-10-22(15-18)25(29)27-14-6-11-20-16-21(12-13-23(20)27)24(28)26-17-19-8-3-2-4-9-19/h2-5,7-10,12-13,15-16H,6,11,14,17H2,1H3,(H,26,28). The maximum Gasteiger partial charge on any atom is 0.258 e. The van der Waals surface area contributed by atoms with Crippen LogP contribution in [0.1, 0.15) is 43.8 Å². The average Bonchev–Trinajstić information content (AvgIpc) is 2.77. The lowest BCUT2D eigenvalue weighted by molar-refractivity contribution is 0.0950. The Labute approximate surface area is 171 Å². The monoisotopic (exact) mass is 384 g/mol.